The van der Waals surface area contributed by atoms with Crippen LogP contribution in [0.1, 0.15) is 58.3 Å². The Morgan fingerprint density at radius 3 is 2.14 bits per heavy atom. The van der Waals surface area contributed by atoms with Crippen molar-refractivity contribution in [1.29, 1.82) is 0 Å². The molecule has 4 aromatic carbocycles. The normalized spacial score (nSPS) is 12.2. The average Bonchev–Trinajstić information content (AvgIpc) is 3.24. The first kappa shape index (κ1) is 24.8. The number of hydrogen-bond donors (Lipinski definition) is 2. The van der Waals surface area contributed by atoms with Crippen LogP contribution >= 0.6 is 12.6 Å². The lowest BCUT2D eigenvalue weighted by atomic mass is 9.91. The summed E-state index contributed by atoms with van der Waals surface area (Å²) in [6, 6.07) is 28.1. The van der Waals surface area contributed by atoms with E-state index in [0.717, 1.165) is 33.4 Å². The number of carbonyl (C=O) groups excluding carboxylic acids is 2. The minimum Gasteiger partial charge on any atom is -0.449 e. The molecule has 0 heterocycles. The van der Waals surface area contributed by atoms with Gasteiger partial charge in [0.05, 0.1) is 0 Å². The van der Waals surface area contributed by atoms with Gasteiger partial charge in [-0.05, 0) is 50.9 Å². The first-order chi connectivity index (χ1) is 18.0. The summed E-state index contributed by atoms with van der Waals surface area (Å²) in [5.41, 5.74) is 8.95. The van der Waals surface area contributed by atoms with Gasteiger partial charge in [-0.25, -0.2) is 4.79 Å². The topological polar surface area (TPSA) is 55.4 Å². The summed E-state index contributed by atoms with van der Waals surface area (Å²) in [6.07, 6.45) is 0.369. The van der Waals surface area contributed by atoms with E-state index in [1.54, 1.807) is 6.07 Å². The number of fused-ring (bicyclic) bond motifs is 3. The highest BCUT2D eigenvalue weighted by molar-refractivity contribution is 7.80. The Morgan fingerprint density at radius 1 is 0.919 bits per heavy atom. The van der Waals surface area contributed by atoms with Crippen molar-refractivity contribution in [2.75, 3.05) is 6.61 Å². The fourth-order valence-electron chi connectivity index (χ4n) is 5.14. The molecule has 0 bridgehead atoms. The van der Waals surface area contributed by atoms with Gasteiger partial charge in [-0.3, -0.25) is 4.79 Å². The summed E-state index contributed by atoms with van der Waals surface area (Å²) in [5, 5.41) is 2.93. The van der Waals surface area contributed by atoms with Crippen LogP contribution in [-0.2, 0) is 11.3 Å². The Labute approximate surface area is 223 Å². The van der Waals surface area contributed by atoms with E-state index in [9.17, 15) is 9.59 Å². The van der Waals surface area contributed by atoms with Crippen LogP contribution in [0.25, 0.3) is 22.3 Å². The summed E-state index contributed by atoms with van der Waals surface area (Å²) in [7, 11) is 0. The second-order valence-corrected chi connectivity index (χ2v) is 10.1. The van der Waals surface area contributed by atoms with E-state index in [0.29, 0.717) is 5.56 Å². The van der Waals surface area contributed by atoms with Crippen molar-refractivity contribution in [3.05, 3.63) is 113 Å². The predicted molar refractivity (Wildman–Crippen MR) is 151 cm³/mol. The van der Waals surface area contributed by atoms with Gasteiger partial charge in [-0.1, -0.05) is 92.7 Å². The standard InChI is InChI=1S/C32H29NO3S/c1-20(2)22-15-23(31(30(37)16-22)24-10-4-3-9-21(24)18-34)17-33-32(35)36-19-29-27-13-7-5-11-25(27)26-12-6-8-14-28(26)29/h3-16,18,20,29,37H,17,19H2,1-2H3,(H,33,35). The van der Waals surface area contributed by atoms with Gasteiger partial charge in [0.25, 0.3) is 0 Å². The van der Waals surface area contributed by atoms with Gasteiger partial charge in [-0.15, -0.1) is 12.6 Å². The van der Waals surface area contributed by atoms with Crippen LogP contribution in [0.5, 0.6) is 0 Å². The van der Waals surface area contributed by atoms with E-state index in [1.165, 1.54) is 22.3 Å². The smallest absolute Gasteiger partial charge is 0.407 e. The van der Waals surface area contributed by atoms with Gasteiger partial charge < -0.3 is 10.1 Å². The van der Waals surface area contributed by atoms with Crippen LogP contribution in [0.15, 0.2) is 89.8 Å². The van der Waals surface area contributed by atoms with Gasteiger partial charge >= 0.3 is 6.09 Å². The van der Waals surface area contributed by atoms with Crippen LogP contribution in [-0.4, -0.2) is 19.0 Å². The van der Waals surface area contributed by atoms with Crippen LogP contribution in [0.2, 0.25) is 0 Å². The average molecular weight is 508 g/mol. The third-order valence-corrected chi connectivity index (χ3v) is 7.36. The second-order valence-electron chi connectivity index (χ2n) is 9.61. The molecule has 0 radical (unpaired) electrons. The Balaban J connectivity index is 1.36. The lowest BCUT2D eigenvalue weighted by molar-refractivity contribution is 0.112. The summed E-state index contributed by atoms with van der Waals surface area (Å²) in [6.45, 7) is 4.74. The summed E-state index contributed by atoms with van der Waals surface area (Å²) < 4.78 is 5.73. The van der Waals surface area contributed by atoms with Gasteiger partial charge in [0.2, 0.25) is 0 Å². The monoisotopic (exact) mass is 507 g/mol. The zero-order valence-corrected chi connectivity index (χ0v) is 21.8. The van der Waals surface area contributed by atoms with Crippen molar-refractivity contribution in [2.45, 2.75) is 37.1 Å². The third kappa shape index (κ3) is 4.92. The van der Waals surface area contributed by atoms with Gasteiger partial charge in [0, 0.05) is 28.5 Å². The fourth-order valence-corrected chi connectivity index (χ4v) is 5.55. The third-order valence-electron chi connectivity index (χ3n) is 7.01. The van der Waals surface area contributed by atoms with Gasteiger partial charge in [0.15, 0.2) is 6.29 Å². The number of rotatable bonds is 7. The molecule has 37 heavy (non-hydrogen) atoms. The molecule has 1 amide bonds. The molecule has 0 atom stereocenters. The molecule has 0 unspecified atom stereocenters. The quantitative estimate of drug-likeness (QED) is 0.200. The molecule has 5 heteroatoms. The van der Waals surface area contributed by atoms with E-state index in [2.05, 4.69) is 49.5 Å². The molecule has 0 saturated heterocycles. The van der Waals surface area contributed by atoms with E-state index >= 15 is 0 Å². The number of alkyl carbamates (subject to hydrolysis) is 1. The Morgan fingerprint density at radius 2 is 1.51 bits per heavy atom. The predicted octanol–water partition coefficient (Wildman–Crippen LogP) is 7.62. The minimum atomic E-state index is -0.479. The van der Waals surface area contributed by atoms with E-state index in [-0.39, 0.29) is 25.0 Å². The maximum atomic E-state index is 12.9. The van der Waals surface area contributed by atoms with Crippen molar-refractivity contribution >= 4 is 25.0 Å². The van der Waals surface area contributed by atoms with Gasteiger partial charge in [0.1, 0.15) is 6.61 Å². The molecule has 1 N–H and O–H groups in total. The highest BCUT2D eigenvalue weighted by atomic mass is 32.1. The van der Waals surface area contributed by atoms with Crippen molar-refractivity contribution in [1.82, 2.24) is 5.32 Å². The first-order valence-electron chi connectivity index (χ1n) is 12.5. The fraction of sp³-hybridized carbons (Fsp3) is 0.188. The number of ether oxygens (including phenoxy) is 1. The zero-order valence-electron chi connectivity index (χ0n) is 20.9. The molecule has 0 fully saturated rings. The molecule has 4 nitrogen and oxygen atoms in total. The van der Waals surface area contributed by atoms with Crippen molar-refractivity contribution in [2.24, 2.45) is 0 Å². The molecular weight excluding hydrogens is 478 g/mol. The molecule has 0 saturated carbocycles. The van der Waals surface area contributed by atoms with Crippen LogP contribution < -0.4 is 5.32 Å². The molecule has 5 rings (SSSR count). The highest BCUT2D eigenvalue weighted by Crippen LogP contribution is 2.44. The van der Waals surface area contributed by atoms with Crippen LogP contribution in [0.4, 0.5) is 4.79 Å². The van der Waals surface area contributed by atoms with E-state index < -0.39 is 6.09 Å². The van der Waals surface area contributed by atoms with Crippen LogP contribution in [0, 0.1) is 0 Å². The van der Waals surface area contributed by atoms with Crippen molar-refractivity contribution in [3.63, 3.8) is 0 Å². The lowest BCUT2D eigenvalue weighted by Crippen LogP contribution is -2.26. The van der Waals surface area contributed by atoms with Crippen molar-refractivity contribution in [3.8, 4) is 22.3 Å². The van der Waals surface area contributed by atoms with Gasteiger partial charge in [-0.2, -0.15) is 0 Å². The lowest BCUT2D eigenvalue weighted by Gasteiger charge is -2.19. The summed E-state index contributed by atoms with van der Waals surface area (Å²) >= 11 is 4.77. The summed E-state index contributed by atoms with van der Waals surface area (Å²) in [4.78, 5) is 25.4. The number of aldehydes is 1. The molecule has 1 aliphatic carbocycles. The summed E-state index contributed by atoms with van der Waals surface area (Å²) in [5.74, 6) is 0.288. The molecule has 4 aromatic rings. The van der Waals surface area contributed by atoms with E-state index in [1.807, 2.05) is 48.5 Å². The maximum Gasteiger partial charge on any atom is 0.407 e. The Kier molecular flexibility index (Phi) is 7.15. The zero-order chi connectivity index (χ0) is 25.9. The highest BCUT2D eigenvalue weighted by Gasteiger charge is 2.29. The minimum absolute atomic E-state index is 0.00138. The Bertz CT molecular complexity index is 1430. The molecule has 0 spiro atoms. The maximum absolute atomic E-state index is 12.9. The number of benzene rings is 4. The Hall–Kier alpha value is -3.83. The number of hydrogen-bond acceptors (Lipinski definition) is 4. The number of nitrogens with one attached hydrogen (secondary N) is 1. The molecular formula is C32H29NO3S. The largest absolute Gasteiger partial charge is 0.449 e. The number of thiol groups is 1. The molecule has 0 aromatic heterocycles. The first-order valence-corrected chi connectivity index (χ1v) is 12.9. The number of carbonyl (C=O) groups is 2. The molecule has 1 aliphatic rings. The SMILES string of the molecule is CC(C)c1cc(S)c(-c2ccccc2C=O)c(CNC(=O)OCC2c3ccccc3-c3ccccc32)c1. The number of amides is 1. The van der Waals surface area contributed by atoms with E-state index in [4.69, 9.17) is 17.4 Å². The van der Waals surface area contributed by atoms with Crippen molar-refractivity contribution < 1.29 is 14.3 Å². The molecule has 186 valence electrons. The molecule has 0 aliphatic heterocycles. The second kappa shape index (κ2) is 10.7. The van der Waals surface area contributed by atoms with Crippen LogP contribution in [0.3, 0.4) is 0 Å².